The summed E-state index contributed by atoms with van der Waals surface area (Å²) in [7, 11) is 0. The molecular weight excluding hydrogens is 342 g/mol. The molecule has 0 saturated heterocycles. The van der Waals surface area contributed by atoms with Crippen LogP contribution < -0.4 is 5.32 Å². The fourth-order valence-electron chi connectivity index (χ4n) is 2.51. The van der Waals surface area contributed by atoms with Crippen molar-refractivity contribution in [2.45, 2.75) is 44.2 Å². The van der Waals surface area contributed by atoms with E-state index in [1.165, 1.54) is 0 Å². The largest absolute Gasteiger partial charge is 0.444 e. The normalized spacial score (nSPS) is 13.5. The first-order valence-electron chi connectivity index (χ1n) is 8.72. The zero-order chi connectivity index (χ0) is 19.2. The molecule has 3 nitrogen and oxygen atoms in total. The van der Waals surface area contributed by atoms with Gasteiger partial charge in [0.05, 0.1) is 6.04 Å². The van der Waals surface area contributed by atoms with Gasteiger partial charge in [0.1, 0.15) is 5.60 Å². The number of nitrogens with one attached hydrogen (secondary N) is 1. The summed E-state index contributed by atoms with van der Waals surface area (Å²) in [6.07, 6.45) is -0.421. The zero-order valence-electron chi connectivity index (χ0n) is 15.9. The van der Waals surface area contributed by atoms with Crippen LogP contribution >= 0.6 is 11.8 Å². The summed E-state index contributed by atoms with van der Waals surface area (Å²) in [6.45, 7) is 11.9. The van der Waals surface area contributed by atoms with Gasteiger partial charge in [0.15, 0.2) is 0 Å². The first-order valence-corrected chi connectivity index (χ1v) is 9.54. The molecule has 0 aliphatic rings. The lowest BCUT2D eigenvalue weighted by molar-refractivity contribution is 0.0493. The van der Waals surface area contributed by atoms with Crippen LogP contribution in [0.4, 0.5) is 4.79 Å². The molecule has 1 amide bonds. The third-order valence-corrected chi connectivity index (χ3v) is 4.97. The highest BCUT2D eigenvalue weighted by Crippen LogP contribution is 2.37. The quantitative estimate of drug-likeness (QED) is 0.617. The standard InChI is InChI=1S/C22H27NO2S/c1-16(17(2)26-19-14-10-7-11-15-19)20(18-12-8-6-9-13-18)23-21(24)25-22(3,4)5/h6-16,20H,2H2,1,3-5H3,(H,23,24)/t16-,20+/m1/s1. The Hall–Kier alpha value is -2.20. The summed E-state index contributed by atoms with van der Waals surface area (Å²) < 4.78 is 5.45. The van der Waals surface area contributed by atoms with Crippen LogP contribution in [0.2, 0.25) is 0 Å². The van der Waals surface area contributed by atoms with Gasteiger partial charge in [-0.1, -0.05) is 73.8 Å². The van der Waals surface area contributed by atoms with Crippen molar-refractivity contribution in [1.29, 1.82) is 0 Å². The van der Waals surface area contributed by atoms with Gasteiger partial charge >= 0.3 is 6.09 Å². The zero-order valence-corrected chi connectivity index (χ0v) is 16.7. The maximum atomic E-state index is 12.4. The molecule has 0 bridgehead atoms. The van der Waals surface area contributed by atoms with Gasteiger partial charge in [-0.15, -0.1) is 0 Å². The summed E-state index contributed by atoms with van der Waals surface area (Å²) >= 11 is 1.63. The molecule has 0 spiro atoms. The minimum absolute atomic E-state index is 0.0233. The summed E-state index contributed by atoms with van der Waals surface area (Å²) in [5.41, 5.74) is 0.491. The third-order valence-electron chi connectivity index (χ3n) is 3.83. The predicted octanol–water partition coefficient (Wildman–Crippen LogP) is 6.19. The summed E-state index contributed by atoms with van der Waals surface area (Å²) in [5, 5.41) is 3.02. The Labute approximate surface area is 160 Å². The van der Waals surface area contributed by atoms with Crippen LogP contribution in [-0.2, 0) is 4.74 Å². The Morgan fingerprint density at radius 2 is 1.58 bits per heavy atom. The SMILES string of the molecule is C=C(Sc1ccccc1)[C@@H](C)[C@H](NC(=O)OC(C)(C)C)c1ccccc1. The summed E-state index contributed by atoms with van der Waals surface area (Å²) in [4.78, 5) is 14.5. The highest BCUT2D eigenvalue weighted by Gasteiger charge is 2.26. The smallest absolute Gasteiger partial charge is 0.408 e. The van der Waals surface area contributed by atoms with Gasteiger partial charge < -0.3 is 10.1 Å². The van der Waals surface area contributed by atoms with Crippen molar-refractivity contribution in [2.24, 2.45) is 5.92 Å². The van der Waals surface area contributed by atoms with E-state index in [2.05, 4.69) is 31.0 Å². The molecule has 1 N–H and O–H groups in total. The molecule has 0 unspecified atom stereocenters. The van der Waals surface area contributed by atoms with Crippen LogP contribution in [0.1, 0.15) is 39.3 Å². The van der Waals surface area contributed by atoms with E-state index in [4.69, 9.17) is 4.74 Å². The van der Waals surface area contributed by atoms with Gasteiger partial charge in [0, 0.05) is 10.8 Å². The van der Waals surface area contributed by atoms with Gasteiger partial charge in [0.25, 0.3) is 0 Å². The molecule has 0 fully saturated rings. The molecule has 138 valence electrons. The molecule has 0 heterocycles. The average molecular weight is 370 g/mol. The molecule has 4 heteroatoms. The van der Waals surface area contributed by atoms with E-state index in [0.29, 0.717) is 0 Å². The van der Waals surface area contributed by atoms with E-state index in [9.17, 15) is 4.79 Å². The van der Waals surface area contributed by atoms with Crippen molar-refractivity contribution >= 4 is 17.9 Å². The minimum Gasteiger partial charge on any atom is -0.444 e. The van der Waals surface area contributed by atoms with Gasteiger partial charge in [-0.3, -0.25) is 0 Å². The van der Waals surface area contributed by atoms with Crippen LogP contribution in [-0.4, -0.2) is 11.7 Å². The van der Waals surface area contributed by atoms with Crippen molar-refractivity contribution in [1.82, 2.24) is 5.32 Å². The van der Waals surface area contributed by atoms with Crippen LogP contribution in [0, 0.1) is 5.92 Å². The van der Waals surface area contributed by atoms with Crippen LogP contribution in [0.5, 0.6) is 0 Å². The number of ether oxygens (including phenoxy) is 1. The lowest BCUT2D eigenvalue weighted by atomic mass is 9.94. The Kier molecular flexibility index (Phi) is 6.92. The summed E-state index contributed by atoms with van der Waals surface area (Å²) in [6, 6.07) is 19.8. The second kappa shape index (κ2) is 8.95. The summed E-state index contributed by atoms with van der Waals surface area (Å²) in [5.74, 6) is 0.0233. The number of carbonyl (C=O) groups is 1. The van der Waals surface area contributed by atoms with E-state index >= 15 is 0 Å². The van der Waals surface area contributed by atoms with Gasteiger partial charge in [-0.05, 0) is 43.4 Å². The second-order valence-electron chi connectivity index (χ2n) is 7.20. The molecule has 26 heavy (non-hydrogen) atoms. The Morgan fingerprint density at radius 3 is 2.12 bits per heavy atom. The number of thioether (sulfide) groups is 1. The van der Waals surface area contributed by atoms with Crippen molar-refractivity contribution < 1.29 is 9.53 Å². The Bertz CT molecular complexity index is 723. The monoisotopic (exact) mass is 369 g/mol. The maximum absolute atomic E-state index is 12.4. The highest BCUT2D eigenvalue weighted by atomic mass is 32.2. The van der Waals surface area contributed by atoms with E-state index in [0.717, 1.165) is 15.4 Å². The number of hydrogen-bond donors (Lipinski definition) is 1. The minimum atomic E-state index is -0.537. The molecule has 2 rings (SSSR count). The lowest BCUT2D eigenvalue weighted by Crippen LogP contribution is -2.37. The second-order valence-corrected chi connectivity index (χ2v) is 8.40. The van der Waals surface area contributed by atoms with Crippen LogP contribution in [0.3, 0.4) is 0 Å². The lowest BCUT2D eigenvalue weighted by Gasteiger charge is -2.28. The number of alkyl carbamates (subject to hydrolysis) is 1. The van der Waals surface area contributed by atoms with E-state index in [1.54, 1.807) is 11.8 Å². The van der Waals surface area contributed by atoms with Crippen molar-refractivity contribution in [3.05, 3.63) is 77.7 Å². The average Bonchev–Trinajstić information content (AvgIpc) is 2.59. The van der Waals surface area contributed by atoms with Gasteiger partial charge in [0.2, 0.25) is 0 Å². The molecule has 2 aromatic carbocycles. The number of carbonyl (C=O) groups excluding carboxylic acids is 1. The van der Waals surface area contributed by atoms with Crippen molar-refractivity contribution in [3.63, 3.8) is 0 Å². The van der Waals surface area contributed by atoms with Crippen LogP contribution in [0.25, 0.3) is 0 Å². The van der Waals surface area contributed by atoms with E-state index < -0.39 is 11.7 Å². The third kappa shape index (κ3) is 6.26. The first-order chi connectivity index (χ1) is 12.3. The number of benzene rings is 2. The van der Waals surface area contributed by atoms with Crippen LogP contribution in [0.15, 0.2) is 77.0 Å². The molecular formula is C22H27NO2S. The molecule has 0 radical (unpaired) electrons. The van der Waals surface area contributed by atoms with Crippen molar-refractivity contribution in [2.75, 3.05) is 0 Å². The Balaban J connectivity index is 2.17. The molecule has 0 aromatic heterocycles. The molecule has 2 atom stereocenters. The number of amides is 1. The fourth-order valence-corrected chi connectivity index (χ4v) is 3.43. The maximum Gasteiger partial charge on any atom is 0.408 e. The fraction of sp³-hybridized carbons (Fsp3) is 0.318. The highest BCUT2D eigenvalue weighted by molar-refractivity contribution is 8.03. The van der Waals surface area contributed by atoms with Gasteiger partial charge in [-0.25, -0.2) is 4.79 Å². The topological polar surface area (TPSA) is 38.3 Å². The van der Waals surface area contributed by atoms with E-state index in [-0.39, 0.29) is 12.0 Å². The van der Waals surface area contributed by atoms with Gasteiger partial charge in [-0.2, -0.15) is 0 Å². The molecule has 2 aromatic rings. The predicted molar refractivity (Wildman–Crippen MR) is 109 cm³/mol. The molecule has 0 saturated carbocycles. The number of hydrogen-bond acceptors (Lipinski definition) is 3. The molecule has 0 aliphatic heterocycles. The van der Waals surface area contributed by atoms with E-state index in [1.807, 2.05) is 69.3 Å². The number of rotatable bonds is 6. The molecule has 0 aliphatic carbocycles. The van der Waals surface area contributed by atoms with Crippen molar-refractivity contribution in [3.8, 4) is 0 Å². The first kappa shape index (κ1) is 20.1. The Morgan fingerprint density at radius 1 is 1.04 bits per heavy atom.